The zero-order valence-corrected chi connectivity index (χ0v) is 19.2. The van der Waals surface area contributed by atoms with E-state index in [1.165, 1.54) is 24.3 Å². The molecule has 0 bridgehead atoms. The molecule has 4 aromatic rings. The van der Waals surface area contributed by atoms with Gasteiger partial charge in [-0.25, -0.2) is 0 Å². The number of hydrogen-bond donors (Lipinski definition) is 2. The second kappa shape index (κ2) is 11.7. The van der Waals surface area contributed by atoms with E-state index in [9.17, 15) is 18.4 Å². The maximum absolute atomic E-state index is 12.6. The fraction of sp³-hybridized carbons (Fsp3) is 0.148. The van der Waals surface area contributed by atoms with Crippen LogP contribution in [0.15, 0.2) is 91.1 Å². The number of nitrogens with one attached hydrogen (secondary N) is 2. The van der Waals surface area contributed by atoms with Crippen molar-refractivity contribution in [3.05, 3.63) is 108 Å². The minimum absolute atomic E-state index is 0.0841. The van der Waals surface area contributed by atoms with Crippen molar-refractivity contribution < 1.29 is 23.1 Å². The number of benzene rings is 3. The lowest BCUT2D eigenvalue weighted by atomic mass is 10.1. The van der Waals surface area contributed by atoms with E-state index in [1.807, 2.05) is 71.5 Å². The first-order valence-electron chi connectivity index (χ1n) is 11.2. The number of hydrogen-bond acceptors (Lipinski definition) is 4. The molecule has 2 N–H and O–H groups in total. The summed E-state index contributed by atoms with van der Waals surface area (Å²) >= 11 is 0. The van der Waals surface area contributed by atoms with Gasteiger partial charge in [-0.1, -0.05) is 72.8 Å². The molecule has 0 saturated heterocycles. The Kier molecular flexibility index (Phi) is 8.02. The van der Waals surface area contributed by atoms with Crippen LogP contribution in [0, 0.1) is 0 Å². The lowest BCUT2D eigenvalue weighted by Crippen LogP contribution is -2.36. The number of para-hydroxylation sites is 1. The average Bonchev–Trinajstić information content (AvgIpc) is 3.29. The number of nitrogens with zero attached hydrogens (tertiary/aromatic N) is 2. The van der Waals surface area contributed by atoms with Crippen LogP contribution in [-0.4, -0.2) is 34.8 Å². The van der Waals surface area contributed by atoms with Crippen LogP contribution >= 0.6 is 0 Å². The van der Waals surface area contributed by atoms with Crippen LogP contribution < -0.4 is 15.4 Å². The highest BCUT2D eigenvalue weighted by atomic mass is 19.3. The Balaban J connectivity index is 1.40. The molecule has 0 spiro atoms. The molecule has 184 valence electrons. The van der Waals surface area contributed by atoms with Gasteiger partial charge in [-0.05, 0) is 17.7 Å². The van der Waals surface area contributed by atoms with E-state index in [0.29, 0.717) is 6.54 Å². The van der Waals surface area contributed by atoms with Crippen molar-refractivity contribution in [1.29, 1.82) is 0 Å². The predicted octanol–water partition coefficient (Wildman–Crippen LogP) is 4.25. The summed E-state index contributed by atoms with van der Waals surface area (Å²) in [6.07, 6.45) is 1.88. The first kappa shape index (κ1) is 24.6. The number of ether oxygens (including phenoxy) is 1. The van der Waals surface area contributed by atoms with Crippen LogP contribution in [-0.2, 0) is 17.9 Å². The Labute approximate surface area is 206 Å². The molecule has 1 aromatic heterocycles. The molecule has 9 heteroatoms. The monoisotopic (exact) mass is 490 g/mol. The highest BCUT2D eigenvalue weighted by Crippen LogP contribution is 2.23. The molecule has 7 nitrogen and oxygen atoms in total. The zero-order valence-electron chi connectivity index (χ0n) is 19.2. The summed E-state index contributed by atoms with van der Waals surface area (Å²) in [6.45, 7) is -2.63. The fourth-order valence-corrected chi connectivity index (χ4v) is 3.65. The second-order valence-corrected chi connectivity index (χ2v) is 7.89. The quantitative estimate of drug-likeness (QED) is 0.348. The molecule has 0 atom stereocenters. The fourth-order valence-electron chi connectivity index (χ4n) is 3.65. The second-order valence-electron chi connectivity index (χ2n) is 7.89. The van der Waals surface area contributed by atoms with Gasteiger partial charge < -0.3 is 15.4 Å². The van der Waals surface area contributed by atoms with Crippen molar-refractivity contribution in [2.45, 2.75) is 19.7 Å². The lowest BCUT2D eigenvalue weighted by Gasteiger charge is -2.11. The van der Waals surface area contributed by atoms with Gasteiger partial charge in [-0.15, -0.1) is 0 Å². The number of alkyl halides is 2. The number of carbonyl (C=O) groups is 2. The van der Waals surface area contributed by atoms with Crippen molar-refractivity contribution in [3.8, 4) is 17.0 Å². The maximum Gasteiger partial charge on any atom is 0.387 e. The summed E-state index contributed by atoms with van der Waals surface area (Å²) < 4.78 is 31.4. The maximum atomic E-state index is 12.6. The Morgan fingerprint density at radius 3 is 2.28 bits per heavy atom. The molecule has 0 aliphatic carbocycles. The highest BCUT2D eigenvalue weighted by molar-refractivity contribution is 5.98. The minimum atomic E-state index is -3.07. The smallest absolute Gasteiger partial charge is 0.387 e. The summed E-state index contributed by atoms with van der Waals surface area (Å²) in [5.74, 6) is -1.39. The largest absolute Gasteiger partial charge is 0.434 e. The van der Waals surface area contributed by atoms with Gasteiger partial charge in [0.05, 0.1) is 24.3 Å². The molecule has 1 heterocycles. The average molecular weight is 491 g/mol. The van der Waals surface area contributed by atoms with Gasteiger partial charge in [0.15, 0.2) is 0 Å². The Hall–Kier alpha value is -4.53. The van der Waals surface area contributed by atoms with E-state index < -0.39 is 18.4 Å². The molecule has 4 rings (SSSR count). The van der Waals surface area contributed by atoms with Crippen molar-refractivity contribution in [2.24, 2.45) is 0 Å². The Bertz CT molecular complexity index is 1310. The predicted molar refractivity (Wildman–Crippen MR) is 130 cm³/mol. The van der Waals surface area contributed by atoms with Gasteiger partial charge >= 0.3 is 6.61 Å². The third-order valence-electron chi connectivity index (χ3n) is 5.31. The molecule has 3 aromatic carbocycles. The third-order valence-corrected chi connectivity index (χ3v) is 5.31. The van der Waals surface area contributed by atoms with Crippen LogP contribution in [0.1, 0.15) is 21.5 Å². The highest BCUT2D eigenvalue weighted by Gasteiger charge is 2.17. The summed E-state index contributed by atoms with van der Waals surface area (Å²) in [6, 6.07) is 25.1. The van der Waals surface area contributed by atoms with Crippen LogP contribution in [0.5, 0.6) is 5.75 Å². The van der Waals surface area contributed by atoms with E-state index in [4.69, 9.17) is 5.10 Å². The Morgan fingerprint density at radius 1 is 0.889 bits per heavy atom. The third kappa shape index (κ3) is 6.53. The number of halogens is 2. The van der Waals surface area contributed by atoms with Crippen LogP contribution in [0.25, 0.3) is 11.3 Å². The van der Waals surface area contributed by atoms with E-state index >= 15 is 0 Å². The Morgan fingerprint density at radius 2 is 1.56 bits per heavy atom. The van der Waals surface area contributed by atoms with Crippen molar-refractivity contribution in [1.82, 2.24) is 20.4 Å². The van der Waals surface area contributed by atoms with E-state index in [2.05, 4.69) is 15.4 Å². The number of aromatic nitrogens is 2. The molecule has 0 unspecified atom stereocenters. The molecule has 2 amide bonds. The van der Waals surface area contributed by atoms with Gasteiger partial charge in [0.2, 0.25) is 5.91 Å². The van der Waals surface area contributed by atoms with Crippen molar-refractivity contribution in [2.75, 3.05) is 6.54 Å². The molecular weight excluding hydrogens is 466 g/mol. The van der Waals surface area contributed by atoms with Gasteiger partial charge in [0.1, 0.15) is 5.75 Å². The lowest BCUT2D eigenvalue weighted by molar-refractivity contribution is -0.120. The summed E-state index contributed by atoms with van der Waals surface area (Å²) in [7, 11) is 0. The first-order chi connectivity index (χ1) is 17.5. The molecule has 0 aliphatic heterocycles. The topological polar surface area (TPSA) is 85.3 Å². The first-order valence-corrected chi connectivity index (χ1v) is 11.2. The van der Waals surface area contributed by atoms with Crippen LogP contribution in [0.3, 0.4) is 0 Å². The summed E-state index contributed by atoms with van der Waals surface area (Å²) in [4.78, 5) is 24.9. The molecular formula is C27H24F2N4O3. The molecule has 0 fully saturated rings. The molecule has 36 heavy (non-hydrogen) atoms. The molecule has 0 aliphatic rings. The van der Waals surface area contributed by atoms with Crippen LogP contribution in [0.2, 0.25) is 0 Å². The number of rotatable bonds is 10. The number of carbonyl (C=O) groups excluding carboxylic acids is 2. The van der Waals surface area contributed by atoms with Gasteiger partial charge in [0.25, 0.3) is 5.91 Å². The minimum Gasteiger partial charge on any atom is -0.434 e. The number of amides is 2. The van der Waals surface area contributed by atoms with Crippen molar-refractivity contribution in [3.63, 3.8) is 0 Å². The van der Waals surface area contributed by atoms with Crippen LogP contribution in [0.4, 0.5) is 8.78 Å². The van der Waals surface area contributed by atoms with Gasteiger partial charge in [0, 0.05) is 23.9 Å². The van der Waals surface area contributed by atoms with E-state index in [-0.39, 0.29) is 24.4 Å². The summed E-state index contributed by atoms with van der Waals surface area (Å²) in [5.41, 5.74) is 3.48. The normalized spacial score (nSPS) is 10.8. The molecule has 0 saturated carbocycles. The van der Waals surface area contributed by atoms with Crippen molar-refractivity contribution >= 4 is 11.8 Å². The zero-order chi connectivity index (χ0) is 25.3. The van der Waals surface area contributed by atoms with E-state index in [0.717, 1.165) is 22.4 Å². The van der Waals surface area contributed by atoms with E-state index in [1.54, 1.807) is 0 Å². The van der Waals surface area contributed by atoms with Gasteiger partial charge in [-0.3, -0.25) is 14.3 Å². The summed E-state index contributed by atoms with van der Waals surface area (Å²) in [5, 5.41) is 9.94. The van der Waals surface area contributed by atoms with Gasteiger partial charge in [-0.2, -0.15) is 13.9 Å². The standard InChI is InChI=1S/C27H24F2N4O3/c28-27(29)36-23-14-8-7-13-22(23)26(35)31-16-24(34)30-15-21-18-33(17-19-9-3-1-4-10-19)32-25(21)20-11-5-2-6-12-20/h1-14,18,27H,15-17H2,(H,30,34)(H,31,35). The SMILES string of the molecule is O=C(CNC(=O)c1ccccc1OC(F)F)NCc1cn(Cc2ccccc2)nc1-c1ccccc1. The molecule has 0 radical (unpaired) electrons.